The van der Waals surface area contributed by atoms with Gasteiger partial charge in [-0.15, -0.1) is 13.2 Å². The SMILES string of the molecule is COc1ccc(CN2CCC(CN=C(N)Nc3ccc(OC(F)(F)F)cc3)CC2)cc1. The zero-order valence-corrected chi connectivity index (χ0v) is 17.4. The number of benzene rings is 2. The maximum Gasteiger partial charge on any atom is 0.573 e. The van der Waals surface area contributed by atoms with E-state index < -0.39 is 6.36 Å². The van der Waals surface area contributed by atoms with Crippen LogP contribution in [0.5, 0.6) is 11.5 Å². The van der Waals surface area contributed by atoms with Crippen molar-refractivity contribution in [2.75, 3.05) is 32.1 Å². The predicted octanol–water partition coefficient (Wildman–Crippen LogP) is 4.23. The fourth-order valence-corrected chi connectivity index (χ4v) is 3.47. The summed E-state index contributed by atoms with van der Waals surface area (Å²) in [5.41, 5.74) is 7.73. The third-order valence-corrected chi connectivity index (χ3v) is 5.15. The number of methoxy groups -OCH3 is 1. The molecule has 0 spiro atoms. The molecule has 2 aromatic carbocycles. The summed E-state index contributed by atoms with van der Waals surface area (Å²) < 4.78 is 45.7. The molecule has 0 aliphatic carbocycles. The van der Waals surface area contributed by atoms with Gasteiger partial charge in [-0.25, -0.2) is 0 Å². The van der Waals surface area contributed by atoms with Gasteiger partial charge < -0.3 is 20.5 Å². The van der Waals surface area contributed by atoms with Crippen molar-refractivity contribution in [2.45, 2.75) is 25.7 Å². The van der Waals surface area contributed by atoms with Gasteiger partial charge in [0.2, 0.25) is 0 Å². The molecule has 1 aliphatic rings. The number of ether oxygens (including phenoxy) is 2. The number of aliphatic imine (C=N–C) groups is 1. The fraction of sp³-hybridized carbons (Fsp3) is 0.409. The number of anilines is 1. The normalized spacial score (nSPS) is 16.2. The summed E-state index contributed by atoms with van der Waals surface area (Å²) in [4.78, 5) is 6.82. The van der Waals surface area contributed by atoms with Crippen LogP contribution in [0.2, 0.25) is 0 Å². The zero-order valence-electron chi connectivity index (χ0n) is 17.4. The highest BCUT2D eigenvalue weighted by atomic mass is 19.4. The van der Waals surface area contributed by atoms with Crippen LogP contribution in [0.4, 0.5) is 18.9 Å². The molecule has 0 radical (unpaired) electrons. The van der Waals surface area contributed by atoms with Gasteiger partial charge >= 0.3 is 6.36 Å². The average molecular weight is 436 g/mol. The zero-order chi connectivity index (χ0) is 22.3. The first-order valence-corrected chi connectivity index (χ1v) is 10.1. The second-order valence-corrected chi connectivity index (χ2v) is 7.49. The summed E-state index contributed by atoms with van der Waals surface area (Å²) >= 11 is 0. The van der Waals surface area contributed by atoms with Crippen molar-refractivity contribution in [3.63, 3.8) is 0 Å². The van der Waals surface area contributed by atoms with Crippen molar-refractivity contribution in [3.8, 4) is 11.5 Å². The van der Waals surface area contributed by atoms with Gasteiger partial charge in [-0.05, 0) is 73.8 Å². The molecule has 0 unspecified atom stereocenters. The van der Waals surface area contributed by atoms with Crippen LogP contribution < -0.4 is 20.5 Å². The Hall–Kier alpha value is -2.94. The average Bonchev–Trinajstić information content (AvgIpc) is 2.74. The lowest BCUT2D eigenvalue weighted by molar-refractivity contribution is -0.274. The van der Waals surface area contributed by atoms with Gasteiger partial charge in [0.05, 0.1) is 7.11 Å². The lowest BCUT2D eigenvalue weighted by Crippen LogP contribution is -2.34. The standard InChI is InChI=1S/C22H27F3N4O2/c1-30-19-6-2-17(3-7-19)15-29-12-10-16(11-13-29)14-27-21(26)28-18-4-8-20(9-5-18)31-22(23,24)25/h2-9,16H,10-15H2,1H3,(H3,26,27,28). The van der Waals surface area contributed by atoms with Crippen LogP contribution in [0.1, 0.15) is 18.4 Å². The Balaban J connectivity index is 1.40. The van der Waals surface area contributed by atoms with E-state index in [1.165, 1.54) is 29.8 Å². The molecule has 0 saturated carbocycles. The van der Waals surface area contributed by atoms with Crippen molar-refractivity contribution in [2.24, 2.45) is 16.6 Å². The van der Waals surface area contributed by atoms with E-state index in [4.69, 9.17) is 10.5 Å². The van der Waals surface area contributed by atoms with E-state index in [1.54, 1.807) is 7.11 Å². The van der Waals surface area contributed by atoms with Crippen LogP contribution in [-0.4, -0.2) is 44.0 Å². The molecule has 3 rings (SSSR count). The second-order valence-electron chi connectivity index (χ2n) is 7.49. The molecule has 0 atom stereocenters. The van der Waals surface area contributed by atoms with Gasteiger partial charge in [0.1, 0.15) is 11.5 Å². The number of rotatable bonds is 7. The van der Waals surface area contributed by atoms with Crippen molar-refractivity contribution in [3.05, 3.63) is 54.1 Å². The second kappa shape index (κ2) is 10.4. The molecule has 0 aromatic heterocycles. The van der Waals surface area contributed by atoms with Crippen LogP contribution in [0.15, 0.2) is 53.5 Å². The lowest BCUT2D eigenvalue weighted by Gasteiger charge is -2.31. The Morgan fingerprint density at radius 3 is 2.26 bits per heavy atom. The van der Waals surface area contributed by atoms with Crippen LogP contribution >= 0.6 is 0 Å². The molecule has 1 aliphatic heterocycles. The smallest absolute Gasteiger partial charge is 0.497 e. The minimum Gasteiger partial charge on any atom is -0.497 e. The number of hydrogen-bond donors (Lipinski definition) is 2. The third-order valence-electron chi connectivity index (χ3n) is 5.15. The van der Waals surface area contributed by atoms with E-state index in [0.29, 0.717) is 18.2 Å². The number of nitrogens with two attached hydrogens (primary N) is 1. The maximum atomic E-state index is 12.2. The Morgan fingerprint density at radius 2 is 1.68 bits per heavy atom. The van der Waals surface area contributed by atoms with Gasteiger partial charge in [-0.2, -0.15) is 0 Å². The maximum absolute atomic E-state index is 12.2. The van der Waals surface area contributed by atoms with Gasteiger partial charge in [-0.3, -0.25) is 9.89 Å². The predicted molar refractivity (Wildman–Crippen MR) is 114 cm³/mol. The quantitative estimate of drug-likeness (QED) is 0.502. The van der Waals surface area contributed by atoms with E-state index in [9.17, 15) is 13.2 Å². The van der Waals surface area contributed by atoms with E-state index >= 15 is 0 Å². The first kappa shape index (κ1) is 22.7. The van der Waals surface area contributed by atoms with Crippen LogP contribution in [0.3, 0.4) is 0 Å². The molecule has 168 valence electrons. The van der Waals surface area contributed by atoms with Gasteiger partial charge in [0.25, 0.3) is 0 Å². The minimum atomic E-state index is -4.71. The number of likely N-dealkylation sites (tertiary alicyclic amines) is 1. The summed E-state index contributed by atoms with van der Waals surface area (Å²) in [6.07, 6.45) is -2.63. The Kier molecular flexibility index (Phi) is 7.62. The number of piperidine rings is 1. The summed E-state index contributed by atoms with van der Waals surface area (Å²) in [6.45, 7) is 3.53. The van der Waals surface area contributed by atoms with Crippen molar-refractivity contribution in [1.82, 2.24) is 4.90 Å². The molecule has 31 heavy (non-hydrogen) atoms. The van der Waals surface area contributed by atoms with Crippen LogP contribution in [-0.2, 0) is 6.54 Å². The molecular weight excluding hydrogens is 409 g/mol. The van der Waals surface area contributed by atoms with E-state index in [0.717, 1.165) is 38.2 Å². The molecule has 6 nitrogen and oxygen atoms in total. The van der Waals surface area contributed by atoms with Crippen molar-refractivity contribution >= 4 is 11.6 Å². The van der Waals surface area contributed by atoms with Gasteiger partial charge in [0, 0.05) is 18.8 Å². The number of hydrogen-bond acceptors (Lipinski definition) is 4. The monoisotopic (exact) mass is 436 g/mol. The molecule has 9 heteroatoms. The summed E-state index contributed by atoms with van der Waals surface area (Å²) in [6, 6.07) is 13.5. The van der Waals surface area contributed by atoms with Crippen LogP contribution in [0, 0.1) is 5.92 Å². The lowest BCUT2D eigenvalue weighted by atomic mass is 9.96. The molecule has 1 fully saturated rings. The van der Waals surface area contributed by atoms with E-state index in [2.05, 4.69) is 32.1 Å². The Bertz CT molecular complexity index is 847. The molecule has 0 bridgehead atoms. The molecule has 0 amide bonds. The topological polar surface area (TPSA) is 72.1 Å². The summed E-state index contributed by atoms with van der Waals surface area (Å²) in [5.74, 6) is 1.27. The minimum absolute atomic E-state index is 0.241. The fourth-order valence-electron chi connectivity index (χ4n) is 3.47. The summed E-state index contributed by atoms with van der Waals surface area (Å²) in [5, 5.41) is 2.89. The molecule has 1 saturated heterocycles. The molecule has 2 aromatic rings. The first-order valence-electron chi connectivity index (χ1n) is 10.1. The van der Waals surface area contributed by atoms with Crippen molar-refractivity contribution in [1.29, 1.82) is 0 Å². The Labute approximate surface area is 179 Å². The summed E-state index contributed by atoms with van der Waals surface area (Å²) in [7, 11) is 1.66. The Morgan fingerprint density at radius 1 is 1.06 bits per heavy atom. The number of nitrogens with zero attached hydrogens (tertiary/aromatic N) is 2. The molecule has 3 N–H and O–H groups in total. The number of alkyl halides is 3. The highest BCUT2D eigenvalue weighted by Crippen LogP contribution is 2.24. The van der Waals surface area contributed by atoms with E-state index in [-0.39, 0.29) is 11.7 Å². The van der Waals surface area contributed by atoms with Gasteiger partial charge in [-0.1, -0.05) is 12.1 Å². The third kappa shape index (κ3) is 7.67. The largest absolute Gasteiger partial charge is 0.573 e. The van der Waals surface area contributed by atoms with Crippen LogP contribution in [0.25, 0.3) is 0 Å². The molecular formula is C22H27F3N4O2. The first-order chi connectivity index (χ1) is 14.8. The van der Waals surface area contributed by atoms with E-state index in [1.807, 2.05) is 12.1 Å². The van der Waals surface area contributed by atoms with Crippen molar-refractivity contribution < 1.29 is 22.6 Å². The number of guanidine groups is 1. The highest BCUT2D eigenvalue weighted by molar-refractivity contribution is 5.92. The molecule has 1 heterocycles. The highest BCUT2D eigenvalue weighted by Gasteiger charge is 2.30. The van der Waals surface area contributed by atoms with Gasteiger partial charge in [0.15, 0.2) is 5.96 Å². The number of nitrogens with one attached hydrogen (secondary N) is 1. The number of halogens is 3.